The molecule has 0 aromatic carbocycles. The van der Waals surface area contributed by atoms with Gasteiger partial charge in [-0.2, -0.15) is 0 Å². The summed E-state index contributed by atoms with van der Waals surface area (Å²) in [6, 6.07) is 0. The van der Waals surface area contributed by atoms with Gasteiger partial charge in [0.1, 0.15) is 5.76 Å². The Balaban J connectivity index is 2.83. The number of hydrogen-bond donors (Lipinski definition) is 1. The van der Waals surface area contributed by atoms with Crippen LogP contribution in [-0.4, -0.2) is 5.11 Å². The Morgan fingerprint density at radius 2 is 2.11 bits per heavy atom. The molecule has 1 aliphatic carbocycles. The number of hydrogen-bond acceptors (Lipinski definition) is 1. The number of halogens is 2. The molecule has 0 aromatic rings. The van der Waals surface area contributed by atoms with Crippen LogP contribution in [0.25, 0.3) is 0 Å². The number of aliphatic hydroxyl groups excluding tert-OH is 1. The minimum Gasteiger partial charge on any atom is -0.511 e. The Labute approximate surface area is 81.5 Å². The van der Waals surface area contributed by atoms with Crippen LogP contribution in [0.4, 0.5) is 0 Å². The second-order valence-corrected chi connectivity index (χ2v) is 4.28. The third-order valence-corrected chi connectivity index (χ3v) is 2.63. The fourth-order valence-corrected chi connectivity index (χ4v) is 2.29. The van der Waals surface area contributed by atoms with Crippen LogP contribution in [0, 0.1) is 6.42 Å². The van der Waals surface area contributed by atoms with Crippen LogP contribution in [0.3, 0.4) is 0 Å². The van der Waals surface area contributed by atoms with E-state index in [0.29, 0.717) is 5.76 Å². The molecule has 0 aliphatic heterocycles. The molecular weight excluding hydrogens is 342 g/mol. The lowest BCUT2D eigenvalue weighted by Crippen LogP contribution is -1.91. The summed E-state index contributed by atoms with van der Waals surface area (Å²) in [5.74, 6) is 0.413. The fourth-order valence-electron chi connectivity index (χ4n) is 0.562. The first-order valence-electron chi connectivity index (χ1n) is 2.48. The SMILES string of the molecule is OC1=C(I)C=C(I)C[CH]1. The molecule has 3 heteroatoms. The molecule has 1 radical (unpaired) electrons. The van der Waals surface area contributed by atoms with Crippen molar-refractivity contribution in [1.82, 2.24) is 0 Å². The van der Waals surface area contributed by atoms with E-state index in [-0.39, 0.29) is 0 Å². The van der Waals surface area contributed by atoms with Crippen LogP contribution < -0.4 is 0 Å². The number of aliphatic hydroxyl groups is 1. The normalized spacial score (nSPS) is 20.0. The molecule has 0 aromatic heterocycles. The molecule has 0 spiro atoms. The summed E-state index contributed by atoms with van der Waals surface area (Å²) in [7, 11) is 0. The molecule has 0 unspecified atom stereocenters. The Bertz CT molecular complexity index is 181. The molecular formula is C6H5I2O. The standard InChI is InChI=1S/C6H5I2O/c7-4-1-2-6(9)5(8)3-4/h2-3,9H,1H2. The molecule has 1 aliphatic rings. The van der Waals surface area contributed by atoms with Gasteiger partial charge in [-0.15, -0.1) is 0 Å². The van der Waals surface area contributed by atoms with Crippen LogP contribution in [0.5, 0.6) is 0 Å². The van der Waals surface area contributed by atoms with Gasteiger partial charge in [0.2, 0.25) is 0 Å². The maximum absolute atomic E-state index is 9.06. The van der Waals surface area contributed by atoms with E-state index >= 15 is 0 Å². The van der Waals surface area contributed by atoms with Gasteiger partial charge in [-0.1, -0.05) is 0 Å². The molecule has 0 heterocycles. The highest BCUT2D eigenvalue weighted by molar-refractivity contribution is 14.1. The second-order valence-electron chi connectivity index (χ2n) is 1.73. The van der Waals surface area contributed by atoms with Gasteiger partial charge in [0.25, 0.3) is 0 Å². The average molecular weight is 347 g/mol. The Morgan fingerprint density at radius 1 is 1.44 bits per heavy atom. The van der Waals surface area contributed by atoms with Gasteiger partial charge in [-0.25, -0.2) is 0 Å². The molecule has 1 nitrogen and oxygen atoms in total. The van der Waals surface area contributed by atoms with Gasteiger partial charge >= 0.3 is 0 Å². The maximum atomic E-state index is 9.06. The molecule has 0 bridgehead atoms. The Morgan fingerprint density at radius 3 is 2.56 bits per heavy atom. The summed E-state index contributed by atoms with van der Waals surface area (Å²) in [6.45, 7) is 0. The highest BCUT2D eigenvalue weighted by Gasteiger charge is 2.07. The van der Waals surface area contributed by atoms with Crippen molar-refractivity contribution < 1.29 is 5.11 Å². The highest BCUT2D eigenvalue weighted by Crippen LogP contribution is 2.28. The summed E-state index contributed by atoms with van der Waals surface area (Å²) in [5.41, 5.74) is 0. The van der Waals surface area contributed by atoms with E-state index in [0.717, 1.165) is 10.0 Å². The predicted octanol–water partition coefficient (Wildman–Crippen LogP) is 3.12. The predicted molar refractivity (Wildman–Crippen MR) is 54.7 cm³/mol. The van der Waals surface area contributed by atoms with Crippen LogP contribution in [-0.2, 0) is 0 Å². The molecule has 49 valence electrons. The van der Waals surface area contributed by atoms with Gasteiger partial charge < -0.3 is 5.11 Å². The molecule has 0 amide bonds. The van der Waals surface area contributed by atoms with Crippen molar-refractivity contribution in [2.24, 2.45) is 0 Å². The third kappa shape index (κ3) is 2.10. The third-order valence-electron chi connectivity index (χ3n) is 1.02. The molecule has 0 saturated carbocycles. The van der Waals surface area contributed by atoms with Crippen molar-refractivity contribution in [1.29, 1.82) is 0 Å². The van der Waals surface area contributed by atoms with E-state index in [2.05, 4.69) is 45.2 Å². The van der Waals surface area contributed by atoms with E-state index in [1.165, 1.54) is 3.58 Å². The van der Waals surface area contributed by atoms with Crippen LogP contribution in [0.1, 0.15) is 6.42 Å². The van der Waals surface area contributed by atoms with Crippen molar-refractivity contribution >= 4 is 45.2 Å². The lowest BCUT2D eigenvalue weighted by molar-refractivity contribution is 0.417. The van der Waals surface area contributed by atoms with Crippen LogP contribution >= 0.6 is 45.2 Å². The fraction of sp³-hybridized carbons (Fsp3) is 0.167. The average Bonchev–Trinajstić information content (AvgIpc) is 1.80. The van der Waals surface area contributed by atoms with Crippen molar-refractivity contribution in [3.05, 3.63) is 25.4 Å². The summed E-state index contributed by atoms with van der Waals surface area (Å²) in [4.78, 5) is 0. The zero-order valence-corrected chi connectivity index (χ0v) is 8.88. The highest BCUT2D eigenvalue weighted by atomic mass is 127. The van der Waals surface area contributed by atoms with Crippen LogP contribution in [0.15, 0.2) is 19.0 Å². The lowest BCUT2D eigenvalue weighted by atomic mass is 10.2. The first-order valence-corrected chi connectivity index (χ1v) is 4.64. The minimum absolute atomic E-state index is 0.413. The van der Waals surface area contributed by atoms with Gasteiger partial charge in [0.05, 0.1) is 3.58 Å². The van der Waals surface area contributed by atoms with Crippen molar-refractivity contribution in [2.75, 3.05) is 0 Å². The topological polar surface area (TPSA) is 20.2 Å². The van der Waals surface area contributed by atoms with Gasteiger partial charge in [0, 0.05) is 6.42 Å². The summed E-state index contributed by atoms with van der Waals surface area (Å²) >= 11 is 4.38. The Hall–Kier alpha value is 0.740. The number of rotatable bonds is 0. The van der Waals surface area contributed by atoms with E-state index in [1.54, 1.807) is 0 Å². The van der Waals surface area contributed by atoms with Gasteiger partial charge in [-0.3, -0.25) is 0 Å². The van der Waals surface area contributed by atoms with Crippen molar-refractivity contribution in [3.8, 4) is 0 Å². The smallest absolute Gasteiger partial charge is 0.110 e. The van der Waals surface area contributed by atoms with E-state index in [9.17, 15) is 0 Å². The summed E-state index contributed by atoms with van der Waals surface area (Å²) in [6.07, 6.45) is 4.68. The quantitative estimate of drug-likeness (QED) is 0.668. The largest absolute Gasteiger partial charge is 0.511 e. The lowest BCUT2D eigenvalue weighted by Gasteiger charge is -2.06. The van der Waals surface area contributed by atoms with Crippen molar-refractivity contribution in [3.63, 3.8) is 0 Å². The summed E-state index contributed by atoms with van der Waals surface area (Å²) in [5, 5.41) is 9.06. The maximum Gasteiger partial charge on any atom is 0.110 e. The molecule has 1 rings (SSSR count). The zero-order valence-electron chi connectivity index (χ0n) is 4.56. The Kier molecular flexibility index (Phi) is 2.81. The molecule has 1 N–H and O–H groups in total. The minimum atomic E-state index is 0.413. The first-order chi connectivity index (χ1) is 4.20. The summed E-state index contributed by atoms with van der Waals surface area (Å²) < 4.78 is 2.21. The van der Waals surface area contributed by atoms with E-state index < -0.39 is 0 Å². The first kappa shape index (κ1) is 7.84. The molecule has 9 heavy (non-hydrogen) atoms. The van der Waals surface area contributed by atoms with Gasteiger partial charge in [-0.05, 0) is 61.3 Å². The van der Waals surface area contributed by atoms with E-state index in [4.69, 9.17) is 5.11 Å². The monoisotopic (exact) mass is 347 g/mol. The van der Waals surface area contributed by atoms with Gasteiger partial charge in [0.15, 0.2) is 0 Å². The second kappa shape index (κ2) is 3.23. The molecule has 0 saturated heterocycles. The van der Waals surface area contributed by atoms with Crippen molar-refractivity contribution in [2.45, 2.75) is 6.42 Å². The number of allylic oxidation sites excluding steroid dienone is 4. The molecule has 0 atom stereocenters. The van der Waals surface area contributed by atoms with Crippen LogP contribution in [0.2, 0.25) is 0 Å². The zero-order chi connectivity index (χ0) is 6.85. The molecule has 0 fully saturated rings. The van der Waals surface area contributed by atoms with E-state index in [1.807, 2.05) is 12.5 Å².